The van der Waals surface area contributed by atoms with Crippen molar-refractivity contribution in [2.45, 2.75) is 25.3 Å². The van der Waals surface area contributed by atoms with Gasteiger partial charge in [0.2, 0.25) is 0 Å². The molecule has 110 valence electrons. The minimum Gasteiger partial charge on any atom is -0.435 e. The molecule has 3 rings (SSSR count). The molecule has 1 heterocycles. The Kier molecular flexibility index (Phi) is 3.86. The number of nitrogens with one attached hydrogen (secondary N) is 1. The molecule has 3 nitrogen and oxygen atoms in total. The Morgan fingerprint density at radius 2 is 1.81 bits per heavy atom. The summed E-state index contributed by atoms with van der Waals surface area (Å²) in [5, 5.41) is 13.8. The Bertz CT molecular complexity index is 616. The molecule has 1 aliphatic rings. The first-order valence-corrected chi connectivity index (χ1v) is 6.69. The number of aliphatic hydroxyl groups excluding tert-OH is 1. The number of alkyl halides is 2. The van der Waals surface area contributed by atoms with Gasteiger partial charge in [0, 0.05) is 6.54 Å². The van der Waals surface area contributed by atoms with Gasteiger partial charge in [0.05, 0.1) is 12.1 Å². The van der Waals surface area contributed by atoms with Crippen LogP contribution in [0.1, 0.15) is 28.8 Å². The van der Waals surface area contributed by atoms with E-state index in [0.29, 0.717) is 12.1 Å². The van der Waals surface area contributed by atoms with Gasteiger partial charge in [-0.25, -0.2) is 0 Å². The second-order valence-electron chi connectivity index (χ2n) is 4.95. The Labute approximate surface area is 121 Å². The number of hydrogen-bond donors (Lipinski definition) is 2. The topological polar surface area (TPSA) is 41.5 Å². The molecule has 2 aromatic carbocycles. The van der Waals surface area contributed by atoms with Gasteiger partial charge in [-0.15, -0.1) is 0 Å². The lowest BCUT2D eigenvalue weighted by Gasteiger charge is -2.20. The highest BCUT2D eigenvalue weighted by Crippen LogP contribution is 2.35. The van der Waals surface area contributed by atoms with Crippen molar-refractivity contribution in [1.29, 1.82) is 0 Å². The van der Waals surface area contributed by atoms with Crippen LogP contribution >= 0.6 is 0 Å². The van der Waals surface area contributed by atoms with Crippen LogP contribution in [0.15, 0.2) is 48.5 Å². The Balaban J connectivity index is 1.78. The van der Waals surface area contributed by atoms with Crippen molar-refractivity contribution in [3.8, 4) is 5.75 Å². The smallest absolute Gasteiger partial charge is 0.387 e. The zero-order valence-electron chi connectivity index (χ0n) is 11.2. The largest absolute Gasteiger partial charge is 0.435 e. The van der Waals surface area contributed by atoms with Crippen LogP contribution in [0, 0.1) is 0 Å². The molecule has 0 fully saturated rings. The third-order valence-corrected chi connectivity index (χ3v) is 3.67. The molecule has 0 amide bonds. The average Bonchev–Trinajstić information content (AvgIpc) is 2.90. The predicted octanol–water partition coefficient (Wildman–Crippen LogP) is 3.17. The third-order valence-electron chi connectivity index (χ3n) is 3.67. The first-order chi connectivity index (χ1) is 10.1. The van der Waals surface area contributed by atoms with Crippen molar-refractivity contribution in [3.05, 3.63) is 65.2 Å². The van der Waals surface area contributed by atoms with E-state index in [1.807, 2.05) is 24.3 Å². The summed E-state index contributed by atoms with van der Waals surface area (Å²) in [7, 11) is 0. The van der Waals surface area contributed by atoms with Crippen molar-refractivity contribution in [1.82, 2.24) is 5.32 Å². The highest BCUT2D eigenvalue weighted by Gasteiger charge is 2.28. The number of aliphatic hydroxyl groups is 1. The predicted molar refractivity (Wildman–Crippen MR) is 74.1 cm³/mol. The summed E-state index contributed by atoms with van der Waals surface area (Å²) in [6.45, 7) is -2.13. The summed E-state index contributed by atoms with van der Waals surface area (Å²) in [4.78, 5) is 0. The van der Waals surface area contributed by atoms with Gasteiger partial charge in [0.1, 0.15) is 5.75 Å². The van der Waals surface area contributed by atoms with E-state index < -0.39 is 12.7 Å². The number of rotatable bonds is 4. The molecule has 0 aliphatic carbocycles. The molecule has 2 aromatic rings. The fourth-order valence-electron chi connectivity index (χ4n) is 2.65. The summed E-state index contributed by atoms with van der Waals surface area (Å²) < 4.78 is 28.5. The maximum Gasteiger partial charge on any atom is 0.387 e. The second-order valence-corrected chi connectivity index (χ2v) is 4.95. The molecule has 0 radical (unpaired) electrons. The first-order valence-electron chi connectivity index (χ1n) is 6.69. The van der Waals surface area contributed by atoms with Crippen molar-refractivity contribution in [2.24, 2.45) is 0 Å². The van der Waals surface area contributed by atoms with E-state index in [0.717, 1.165) is 5.56 Å². The third kappa shape index (κ3) is 2.89. The van der Waals surface area contributed by atoms with E-state index in [-0.39, 0.29) is 11.8 Å². The number of halogens is 2. The molecule has 21 heavy (non-hydrogen) atoms. The van der Waals surface area contributed by atoms with Crippen molar-refractivity contribution >= 4 is 0 Å². The fraction of sp³-hybridized carbons (Fsp3) is 0.250. The molecule has 0 bridgehead atoms. The summed E-state index contributed by atoms with van der Waals surface area (Å²) in [6, 6.07) is 13.8. The Morgan fingerprint density at radius 3 is 2.52 bits per heavy atom. The van der Waals surface area contributed by atoms with Crippen LogP contribution in [0.4, 0.5) is 8.78 Å². The van der Waals surface area contributed by atoms with E-state index in [1.54, 1.807) is 12.1 Å². The van der Waals surface area contributed by atoms with Crippen LogP contribution in [0.5, 0.6) is 5.75 Å². The van der Waals surface area contributed by atoms with Crippen LogP contribution in [0.3, 0.4) is 0 Å². The summed E-state index contributed by atoms with van der Waals surface area (Å²) in [6.07, 6.45) is -0.741. The molecule has 0 saturated carbocycles. The average molecular weight is 291 g/mol. The number of hydrogen-bond acceptors (Lipinski definition) is 3. The molecule has 0 spiro atoms. The van der Waals surface area contributed by atoms with Gasteiger partial charge in [0.15, 0.2) is 0 Å². The molecule has 0 saturated heterocycles. The summed E-state index contributed by atoms with van der Waals surface area (Å²) in [5.41, 5.74) is 2.89. The van der Waals surface area contributed by atoms with Gasteiger partial charge in [-0.2, -0.15) is 8.78 Å². The molecule has 2 N–H and O–H groups in total. The minimum absolute atomic E-state index is 0.0840. The maximum atomic E-state index is 12.1. The zero-order valence-corrected chi connectivity index (χ0v) is 11.2. The highest BCUT2D eigenvalue weighted by molar-refractivity contribution is 5.37. The van der Waals surface area contributed by atoms with Crippen LogP contribution in [0.25, 0.3) is 0 Å². The SMILES string of the molecule is OC(c1ccc(OC(F)F)cc1)C1NCc2ccccc21. The van der Waals surface area contributed by atoms with Crippen molar-refractivity contribution in [3.63, 3.8) is 0 Å². The minimum atomic E-state index is -2.84. The number of ether oxygens (including phenoxy) is 1. The lowest BCUT2D eigenvalue weighted by Crippen LogP contribution is -2.20. The number of fused-ring (bicyclic) bond motifs is 1. The van der Waals surface area contributed by atoms with Crippen molar-refractivity contribution < 1.29 is 18.6 Å². The zero-order chi connectivity index (χ0) is 14.8. The molecular formula is C16H15F2NO2. The molecule has 5 heteroatoms. The van der Waals surface area contributed by atoms with E-state index in [4.69, 9.17) is 0 Å². The van der Waals surface area contributed by atoms with E-state index in [9.17, 15) is 13.9 Å². The van der Waals surface area contributed by atoms with Gasteiger partial charge < -0.3 is 15.2 Å². The number of benzene rings is 2. The normalized spacial score (nSPS) is 18.6. The van der Waals surface area contributed by atoms with Crippen LogP contribution < -0.4 is 10.1 Å². The molecule has 2 unspecified atom stereocenters. The second kappa shape index (κ2) is 5.79. The molecule has 0 aromatic heterocycles. The van der Waals surface area contributed by atoms with E-state index in [1.165, 1.54) is 17.7 Å². The van der Waals surface area contributed by atoms with Gasteiger partial charge in [-0.3, -0.25) is 0 Å². The van der Waals surface area contributed by atoms with Crippen LogP contribution in [-0.2, 0) is 6.54 Å². The van der Waals surface area contributed by atoms with Crippen molar-refractivity contribution in [2.75, 3.05) is 0 Å². The Hall–Kier alpha value is -1.98. The van der Waals surface area contributed by atoms with Gasteiger partial charge in [-0.1, -0.05) is 36.4 Å². The molecule has 1 aliphatic heterocycles. The van der Waals surface area contributed by atoms with Gasteiger partial charge >= 0.3 is 6.61 Å². The van der Waals surface area contributed by atoms with Crippen LogP contribution in [-0.4, -0.2) is 11.7 Å². The highest BCUT2D eigenvalue weighted by atomic mass is 19.3. The molecule has 2 atom stereocenters. The van der Waals surface area contributed by atoms with Gasteiger partial charge in [-0.05, 0) is 28.8 Å². The molecular weight excluding hydrogens is 276 g/mol. The lowest BCUT2D eigenvalue weighted by molar-refractivity contribution is -0.0498. The van der Waals surface area contributed by atoms with Gasteiger partial charge in [0.25, 0.3) is 0 Å². The standard InChI is InChI=1S/C16H15F2NO2/c17-16(18)21-12-7-5-10(6-8-12)15(20)14-13-4-2-1-3-11(13)9-19-14/h1-8,14-16,19-20H,9H2. The summed E-state index contributed by atoms with van der Waals surface area (Å²) in [5.74, 6) is 0.0840. The lowest BCUT2D eigenvalue weighted by atomic mass is 9.96. The monoisotopic (exact) mass is 291 g/mol. The van der Waals surface area contributed by atoms with E-state index >= 15 is 0 Å². The summed E-state index contributed by atoms with van der Waals surface area (Å²) >= 11 is 0. The van der Waals surface area contributed by atoms with E-state index in [2.05, 4.69) is 10.1 Å². The van der Waals surface area contributed by atoms with Crippen LogP contribution in [0.2, 0.25) is 0 Å². The fourth-order valence-corrected chi connectivity index (χ4v) is 2.65. The first kappa shape index (κ1) is 14.0. The Morgan fingerprint density at radius 1 is 1.10 bits per heavy atom. The maximum absolute atomic E-state index is 12.1. The quantitative estimate of drug-likeness (QED) is 0.909.